The molecule has 1 aromatic rings. The van der Waals surface area contributed by atoms with E-state index in [0.717, 1.165) is 0 Å². The number of pyridine rings is 1. The second-order valence-electron chi connectivity index (χ2n) is 3.65. The quantitative estimate of drug-likeness (QED) is 0.839. The van der Waals surface area contributed by atoms with Gasteiger partial charge < -0.3 is 14.8 Å². The molecule has 2 heterocycles. The van der Waals surface area contributed by atoms with Crippen LogP contribution >= 0.6 is 0 Å². The summed E-state index contributed by atoms with van der Waals surface area (Å²) in [5.41, 5.74) is 0.594. The molecular formula is C11H15FN2O2. The summed E-state index contributed by atoms with van der Waals surface area (Å²) in [7, 11) is 1.79. The van der Waals surface area contributed by atoms with Gasteiger partial charge in [-0.05, 0) is 13.1 Å². The summed E-state index contributed by atoms with van der Waals surface area (Å²) in [4.78, 5) is 3.73. The Bertz CT molecular complexity index is 343. The second-order valence-corrected chi connectivity index (χ2v) is 3.65. The summed E-state index contributed by atoms with van der Waals surface area (Å²) in [5, 5.41) is 3.06. The lowest BCUT2D eigenvalue weighted by atomic mass is 10.0. The van der Waals surface area contributed by atoms with Crippen molar-refractivity contribution in [1.82, 2.24) is 10.3 Å². The lowest BCUT2D eigenvalue weighted by Gasteiger charge is -2.19. The van der Waals surface area contributed by atoms with Gasteiger partial charge in [0.15, 0.2) is 6.29 Å². The van der Waals surface area contributed by atoms with Crippen molar-refractivity contribution in [2.45, 2.75) is 18.8 Å². The van der Waals surface area contributed by atoms with Gasteiger partial charge in [-0.3, -0.25) is 4.98 Å². The fourth-order valence-electron chi connectivity index (χ4n) is 1.80. The number of aromatic nitrogens is 1. The lowest BCUT2D eigenvalue weighted by molar-refractivity contribution is -0.0527. The third-order valence-corrected chi connectivity index (χ3v) is 2.65. The molecule has 2 rings (SSSR count). The van der Waals surface area contributed by atoms with Crippen LogP contribution in [0.1, 0.15) is 18.0 Å². The summed E-state index contributed by atoms with van der Waals surface area (Å²) in [6.07, 6.45) is 3.15. The van der Waals surface area contributed by atoms with E-state index in [0.29, 0.717) is 25.2 Å². The number of rotatable bonds is 4. The number of hydrogen-bond donors (Lipinski definition) is 1. The van der Waals surface area contributed by atoms with Crippen LogP contribution in [0.25, 0.3) is 0 Å². The molecule has 0 bridgehead atoms. The highest BCUT2D eigenvalue weighted by molar-refractivity contribution is 5.17. The standard InChI is InChI=1S/C11H15FN2O2/c1-13-10(6-11-15-4-5-16-11)8-2-3-14-7-9(8)12/h2-3,7,10-11,13H,4-6H2,1H3. The number of hydrogen-bond acceptors (Lipinski definition) is 4. The molecule has 88 valence electrons. The molecular weight excluding hydrogens is 211 g/mol. The molecule has 1 aliphatic rings. The second kappa shape index (κ2) is 5.34. The van der Waals surface area contributed by atoms with E-state index in [1.165, 1.54) is 6.20 Å². The Labute approximate surface area is 93.8 Å². The van der Waals surface area contributed by atoms with E-state index in [-0.39, 0.29) is 18.1 Å². The van der Waals surface area contributed by atoms with E-state index in [1.54, 1.807) is 19.3 Å². The van der Waals surface area contributed by atoms with Crippen molar-refractivity contribution >= 4 is 0 Å². The fraction of sp³-hybridized carbons (Fsp3) is 0.545. The highest BCUT2D eigenvalue weighted by Gasteiger charge is 2.23. The molecule has 1 saturated heterocycles. The average molecular weight is 226 g/mol. The van der Waals surface area contributed by atoms with Crippen LogP contribution in [0.4, 0.5) is 4.39 Å². The number of nitrogens with zero attached hydrogens (tertiary/aromatic N) is 1. The first-order valence-corrected chi connectivity index (χ1v) is 5.31. The summed E-state index contributed by atoms with van der Waals surface area (Å²) < 4.78 is 24.2. The molecule has 1 fully saturated rings. The first-order valence-electron chi connectivity index (χ1n) is 5.31. The van der Waals surface area contributed by atoms with Crippen molar-refractivity contribution in [1.29, 1.82) is 0 Å². The zero-order valence-corrected chi connectivity index (χ0v) is 9.15. The highest BCUT2D eigenvalue weighted by Crippen LogP contribution is 2.23. The molecule has 0 radical (unpaired) electrons. The van der Waals surface area contributed by atoms with Crippen molar-refractivity contribution in [3.05, 3.63) is 29.8 Å². The SMILES string of the molecule is CNC(CC1OCCO1)c1ccncc1F. The van der Waals surface area contributed by atoms with Crippen LogP contribution in [0.5, 0.6) is 0 Å². The summed E-state index contributed by atoms with van der Waals surface area (Å²) in [6, 6.07) is 1.55. The maximum Gasteiger partial charge on any atom is 0.159 e. The largest absolute Gasteiger partial charge is 0.350 e. The molecule has 5 heteroatoms. The Morgan fingerprint density at radius 2 is 2.31 bits per heavy atom. The van der Waals surface area contributed by atoms with Crippen LogP contribution in [0, 0.1) is 5.82 Å². The minimum atomic E-state index is -0.306. The Hall–Kier alpha value is -1.04. The van der Waals surface area contributed by atoms with E-state index >= 15 is 0 Å². The van der Waals surface area contributed by atoms with Gasteiger partial charge in [0.05, 0.1) is 19.4 Å². The molecule has 1 aromatic heterocycles. The van der Waals surface area contributed by atoms with Crippen molar-refractivity contribution in [2.24, 2.45) is 0 Å². The maximum atomic E-state index is 13.5. The molecule has 0 aliphatic carbocycles. The molecule has 1 N–H and O–H groups in total. The Kier molecular flexibility index (Phi) is 3.82. The zero-order valence-electron chi connectivity index (χ0n) is 9.15. The third kappa shape index (κ3) is 2.55. The van der Waals surface area contributed by atoms with Gasteiger partial charge in [-0.15, -0.1) is 0 Å². The first-order chi connectivity index (χ1) is 7.81. The molecule has 1 atom stereocenters. The molecule has 0 amide bonds. The van der Waals surface area contributed by atoms with E-state index in [2.05, 4.69) is 10.3 Å². The Morgan fingerprint density at radius 1 is 1.56 bits per heavy atom. The Morgan fingerprint density at radius 3 is 2.94 bits per heavy atom. The van der Waals surface area contributed by atoms with Crippen LogP contribution in [0.15, 0.2) is 18.5 Å². The monoisotopic (exact) mass is 226 g/mol. The summed E-state index contributed by atoms with van der Waals surface area (Å²) >= 11 is 0. The Balaban J connectivity index is 2.06. The van der Waals surface area contributed by atoms with Crippen molar-refractivity contribution in [3.63, 3.8) is 0 Å². The topological polar surface area (TPSA) is 43.4 Å². The van der Waals surface area contributed by atoms with Gasteiger partial charge in [0.25, 0.3) is 0 Å². The van der Waals surface area contributed by atoms with Crippen LogP contribution in [0.3, 0.4) is 0 Å². The summed E-state index contributed by atoms with van der Waals surface area (Å²) in [5.74, 6) is -0.306. The zero-order chi connectivity index (χ0) is 11.4. The van der Waals surface area contributed by atoms with Crippen LogP contribution in [-0.2, 0) is 9.47 Å². The van der Waals surface area contributed by atoms with Crippen molar-refractivity contribution < 1.29 is 13.9 Å². The van der Waals surface area contributed by atoms with Crippen molar-refractivity contribution in [3.8, 4) is 0 Å². The van der Waals surface area contributed by atoms with Gasteiger partial charge in [-0.25, -0.2) is 4.39 Å². The number of halogens is 1. The van der Waals surface area contributed by atoms with Gasteiger partial charge in [0.1, 0.15) is 5.82 Å². The summed E-state index contributed by atoms with van der Waals surface area (Å²) in [6.45, 7) is 1.22. The first kappa shape index (κ1) is 11.4. The fourth-order valence-corrected chi connectivity index (χ4v) is 1.80. The van der Waals surface area contributed by atoms with Gasteiger partial charge in [-0.1, -0.05) is 0 Å². The molecule has 4 nitrogen and oxygen atoms in total. The maximum absolute atomic E-state index is 13.5. The smallest absolute Gasteiger partial charge is 0.159 e. The molecule has 0 aromatic carbocycles. The van der Waals surface area contributed by atoms with E-state index < -0.39 is 0 Å². The van der Waals surface area contributed by atoms with Crippen molar-refractivity contribution in [2.75, 3.05) is 20.3 Å². The van der Waals surface area contributed by atoms with Crippen LogP contribution in [-0.4, -0.2) is 31.5 Å². The molecule has 0 saturated carbocycles. The third-order valence-electron chi connectivity index (χ3n) is 2.65. The lowest BCUT2D eigenvalue weighted by Crippen LogP contribution is -2.23. The highest BCUT2D eigenvalue weighted by atomic mass is 19.1. The molecule has 16 heavy (non-hydrogen) atoms. The molecule has 1 unspecified atom stereocenters. The minimum absolute atomic E-state index is 0.119. The normalized spacial score (nSPS) is 18.9. The average Bonchev–Trinajstić information content (AvgIpc) is 2.80. The van der Waals surface area contributed by atoms with Gasteiger partial charge >= 0.3 is 0 Å². The number of ether oxygens (including phenoxy) is 2. The van der Waals surface area contributed by atoms with Gasteiger partial charge in [0, 0.05) is 24.2 Å². The van der Waals surface area contributed by atoms with E-state index in [9.17, 15) is 4.39 Å². The van der Waals surface area contributed by atoms with E-state index in [1.807, 2.05) is 0 Å². The van der Waals surface area contributed by atoms with Gasteiger partial charge in [-0.2, -0.15) is 0 Å². The molecule has 0 spiro atoms. The molecule has 1 aliphatic heterocycles. The van der Waals surface area contributed by atoms with Gasteiger partial charge in [0.2, 0.25) is 0 Å². The minimum Gasteiger partial charge on any atom is -0.350 e. The predicted octanol–water partition coefficient (Wildman–Crippen LogP) is 1.24. The number of nitrogens with one attached hydrogen (secondary N) is 1. The van der Waals surface area contributed by atoms with E-state index in [4.69, 9.17) is 9.47 Å². The predicted molar refractivity (Wildman–Crippen MR) is 56.3 cm³/mol. The van der Waals surface area contributed by atoms with Crippen LogP contribution < -0.4 is 5.32 Å². The van der Waals surface area contributed by atoms with Crippen LogP contribution in [0.2, 0.25) is 0 Å².